The van der Waals surface area contributed by atoms with Gasteiger partial charge in [0.1, 0.15) is 5.75 Å². The predicted molar refractivity (Wildman–Crippen MR) is 52.8 cm³/mol. The van der Waals surface area contributed by atoms with Crippen molar-refractivity contribution < 1.29 is 9.90 Å². The second-order valence-electron chi connectivity index (χ2n) is 2.65. The van der Waals surface area contributed by atoms with Crippen molar-refractivity contribution >= 4 is 23.5 Å². The highest BCUT2D eigenvalue weighted by Gasteiger charge is 1.96. The first-order chi connectivity index (χ1) is 6.09. The minimum absolute atomic E-state index is 0.0239. The van der Waals surface area contributed by atoms with E-state index in [4.69, 9.17) is 16.7 Å². The molecule has 0 fully saturated rings. The van der Waals surface area contributed by atoms with E-state index in [2.05, 4.69) is 0 Å². The molecule has 68 valence electrons. The molecular weight excluding hydrogens is 188 g/mol. The topological polar surface area (TPSA) is 37.3 Å². The zero-order valence-electron chi connectivity index (χ0n) is 7.12. The van der Waals surface area contributed by atoms with Gasteiger partial charge in [0, 0.05) is 0 Å². The minimum Gasteiger partial charge on any atom is -0.506 e. The smallest absolute Gasteiger partial charge is 0.152 e. The van der Waals surface area contributed by atoms with Crippen molar-refractivity contribution in [3.8, 4) is 5.75 Å². The van der Waals surface area contributed by atoms with E-state index in [1.165, 1.54) is 19.1 Å². The van der Waals surface area contributed by atoms with Gasteiger partial charge < -0.3 is 5.11 Å². The minimum atomic E-state index is -0.0239. The molecular formula is C10H9ClO2. The highest BCUT2D eigenvalue weighted by molar-refractivity contribution is 6.32. The Hall–Kier alpha value is -1.28. The van der Waals surface area contributed by atoms with Crippen molar-refractivity contribution in [3.63, 3.8) is 0 Å². The highest BCUT2D eigenvalue weighted by atomic mass is 35.5. The summed E-state index contributed by atoms with van der Waals surface area (Å²) in [5.41, 5.74) is 0.790. The highest BCUT2D eigenvalue weighted by Crippen LogP contribution is 2.23. The lowest BCUT2D eigenvalue weighted by molar-refractivity contribution is -0.112. The van der Waals surface area contributed by atoms with Gasteiger partial charge in [0.05, 0.1) is 5.02 Å². The molecule has 0 aromatic heterocycles. The van der Waals surface area contributed by atoms with Crippen LogP contribution in [0.3, 0.4) is 0 Å². The largest absolute Gasteiger partial charge is 0.506 e. The van der Waals surface area contributed by atoms with E-state index < -0.39 is 0 Å². The van der Waals surface area contributed by atoms with E-state index in [-0.39, 0.29) is 16.6 Å². The third-order valence-corrected chi connectivity index (χ3v) is 1.78. The number of halogens is 1. The lowest BCUT2D eigenvalue weighted by atomic mass is 10.2. The summed E-state index contributed by atoms with van der Waals surface area (Å²) in [5.74, 6) is 0.0193. The number of phenols is 1. The molecule has 0 bridgehead atoms. The van der Waals surface area contributed by atoms with Gasteiger partial charge >= 0.3 is 0 Å². The molecule has 0 heterocycles. The van der Waals surface area contributed by atoms with E-state index in [0.29, 0.717) is 0 Å². The average molecular weight is 197 g/mol. The van der Waals surface area contributed by atoms with Crippen molar-refractivity contribution in [1.82, 2.24) is 0 Å². The van der Waals surface area contributed by atoms with Gasteiger partial charge in [0.15, 0.2) is 5.78 Å². The van der Waals surface area contributed by atoms with Gasteiger partial charge in [0.25, 0.3) is 0 Å². The SMILES string of the molecule is CC(=O)/C=C/c1ccc(O)c(Cl)c1. The van der Waals surface area contributed by atoms with Gasteiger partial charge in [-0.2, -0.15) is 0 Å². The summed E-state index contributed by atoms with van der Waals surface area (Å²) < 4.78 is 0. The molecule has 0 saturated carbocycles. The summed E-state index contributed by atoms with van der Waals surface area (Å²) in [7, 11) is 0. The maximum Gasteiger partial charge on any atom is 0.152 e. The molecule has 0 aliphatic carbocycles. The monoisotopic (exact) mass is 196 g/mol. The van der Waals surface area contributed by atoms with E-state index in [0.717, 1.165) is 5.56 Å². The number of hydrogen-bond donors (Lipinski definition) is 1. The number of phenolic OH excluding ortho intramolecular Hbond substituents is 1. The van der Waals surface area contributed by atoms with Gasteiger partial charge in [-0.1, -0.05) is 23.7 Å². The molecule has 0 amide bonds. The summed E-state index contributed by atoms with van der Waals surface area (Å²) in [6.07, 6.45) is 3.09. The Morgan fingerprint density at radius 3 is 2.77 bits per heavy atom. The molecule has 0 saturated heterocycles. The summed E-state index contributed by atoms with van der Waals surface area (Å²) in [5, 5.41) is 9.38. The Labute approximate surface area is 81.5 Å². The van der Waals surface area contributed by atoms with Crippen LogP contribution in [0.15, 0.2) is 24.3 Å². The Morgan fingerprint density at radius 2 is 2.23 bits per heavy atom. The number of carbonyl (C=O) groups excluding carboxylic acids is 1. The lowest BCUT2D eigenvalue weighted by Crippen LogP contribution is -1.80. The van der Waals surface area contributed by atoms with Crippen molar-refractivity contribution in [3.05, 3.63) is 34.9 Å². The van der Waals surface area contributed by atoms with Crippen LogP contribution in [0.2, 0.25) is 5.02 Å². The maximum absolute atomic E-state index is 10.6. The fourth-order valence-electron chi connectivity index (χ4n) is 0.840. The van der Waals surface area contributed by atoms with Crippen LogP contribution in [0.25, 0.3) is 6.08 Å². The van der Waals surface area contributed by atoms with Gasteiger partial charge in [0.2, 0.25) is 0 Å². The normalized spacial score (nSPS) is 10.6. The van der Waals surface area contributed by atoms with Crippen molar-refractivity contribution in [2.45, 2.75) is 6.92 Å². The summed E-state index contributed by atoms with van der Waals surface area (Å²) in [6, 6.07) is 4.76. The third-order valence-electron chi connectivity index (χ3n) is 1.48. The molecule has 0 spiro atoms. The first-order valence-corrected chi connectivity index (χ1v) is 4.14. The third kappa shape index (κ3) is 2.92. The van der Waals surface area contributed by atoms with E-state index in [1.54, 1.807) is 18.2 Å². The predicted octanol–water partition coefficient (Wildman–Crippen LogP) is 2.65. The second-order valence-corrected chi connectivity index (χ2v) is 3.06. The Morgan fingerprint density at radius 1 is 1.54 bits per heavy atom. The first-order valence-electron chi connectivity index (χ1n) is 3.77. The Bertz CT molecular complexity index is 356. The molecule has 2 nitrogen and oxygen atoms in total. The van der Waals surface area contributed by atoms with Gasteiger partial charge in [-0.25, -0.2) is 0 Å². The van der Waals surface area contributed by atoms with Crippen LogP contribution in [0.4, 0.5) is 0 Å². The summed E-state index contributed by atoms with van der Waals surface area (Å²) >= 11 is 5.66. The van der Waals surface area contributed by atoms with E-state index in [1.807, 2.05) is 0 Å². The zero-order valence-corrected chi connectivity index (χ0v) is 7.88. The zero-order chi connectivity index (χ0) is 9.84. The standard InChI is InChI=1S/C10H9ClO2/c1-7(12)2-3-8-4-5-10(13)9(11)6-8/h2-6,13H,1H3/b3-2+. The van der Waals surface area contributed by atoms with E-state index >= 15 is 0 Å². The molecule has 13 heavy (non-hydrogen) atoms. The van der Waals surface area contributed by atoms with Crippen molar-refractivity contribution in [1.29, 1.82) is 0 Å². The van der Waals surface area contributed by atoms with Crippen molar-refractivity contribution in [2.75, 3.05) is 0 Å². The average Bonchev–Trinajstić information content (AvgIpc) is 2.07. The molecule has 3 heteroatoms. The molecule has 1 aromatic rings. The van der Waals surface area contributed by atoms with Crippen molar-refractivity contribution in [2.24, 2.45) is 0 Å². The summed E-state index contributed by atoms with van der Waals surface area (Å²) in [6.45, 7) is 1.47. The second kappa shape index (κ2) is 4.10. The molecule has 0 unspecified atom stereocenters. The molecule has 0 atom stereocenters. The summed E-state index contributed by atoms with van der Waals surface area (Å²) in [4.78, 5) is 10.6. The van der Waals surface area contributed by atoms with Crippen LogP contribution in [0, 0.1) is 0 Å². The number of carbonyl (C=O) groups is 1. The number of ketones is 1. The quantitative estimate of drug-likeness (QED) is 0.739. The van der Waals surface area contributed by atoms with Crippen LogP contribution < -0.4 is 0 Å². The molecule has 1 N–H and O–H groups in total. The number of rotatable bonds is 2. The lowest BCUT2D eigenvalue weighted by Gasteiger charge is -1.97. The van der Waals surface area contributed by atoms with Gasteiger partial charge in [-0.05, 0) is 30.7 Å². The molecule has 1 rings (SSSR count). The molecule has 0 radical (unpaired) electrons. The van der Waals surface area contributed by atoms with Crippen LogP contribution >= 0.6 is 11.6 Å². The number of allylic oxidation sites excluding steroid dienone is 1. The number of aromatic hydroxyl groups is 1. The maximum atomic E-state index is 10.6. The van der Waals surface area contributed by atoms with Gasteiger partial charge in [-0.3, -0.25) is 4.79 Å². The number of hydrogen-bond acceptors (Lipinski definition) is 2. The van der Waals surface area contributed by atoms with Crippen LogP contribution in [-0.4, -0.2) is 10.9 Å². The fraction of sp³-hybridized carbons (Fsp3) is 0.100. The van der Waals surface area contributed by atoms with Crippen LogP contribution in [0.5, 0.6) is 5.75 Å². The molecule has 1 aromatic carbocycles. The first kappa shape index (κ1) is 9.81. The van der Waals surface area contributed by atoms with Crippen LogP contribution in [-0.2, 0) is 4.79 Å². The number of benzene rings is 1. The van der Waals surface area contributed by atoms with Gasteiger partial charge in [-0.15, -0.1) is 0 Å². The molecule has 0 aliphatic heterocycles. The Kier molecular flexibility index (Phi) is 3.09. The Balaban J connectivity index is 2.92. The van der Waals surface area contributed by atoms with E-state index in [9.17, 15) is 4.79 Å². The van der Waals surface area contributed by atoms with Crippen LogP contribution in [0.1, 0.15) is 12.5 Å². The molecule has 0 aliphatic rings. The fourth-order valence-corrected chi connectivity index (χ4v) is 1.03.